The number of hydrogen-bond donors (Lipinski definition) is 1. The summed E-state index contributed by atoms with van der Waals surface area (Å²) < 4.78 is 78.5. The summed E-state index contributed by atoms with van der Waals surface area (Å²) in [7, 11) is -3.90. The number of aliphatic carboxylic acids is 1. The maximum Gasteiger partial charge on any atom is 0.416 e. The first-order chi connectivity index (χ1) is 17.4. The molecule has 0 unspecified atom stereocenters. The van der Waals surface area contributed by atoms with Gasteiger partial charge in [-0.05, 0) is 43.2 Å². The van der Waals surface area contributed by atoms with Crippen molar-refractivity contribution in [3.63, 3.8) is 0 Å². The molecule has 1 N–H and O–H groups in total. The summed E-state index contributed by atoms with van der Waals surface area (Å²) in [4.78, 5) is 24.5. The lowest BCUT2D eigenvalue weighted by Gasteiger charge is -2.21. The average Bonchev–Trinajstić information content (AvgIpc) is 3.60. The van der Waals surface area contributed by atoms with Crippen molar-refractivity contribution in [1.29, 1.82) is 0 Å². The van der Waals surface area contributed by atoms with Crippen LogP contribution in [0.15, 0.2) is 51.7 Å². The van der Waals surface area contributed by atoms with Crippen LogP contribution in [-0.2, 0) is 21.0 Å². The molecule has 3 aromatic rings. The fourth-order valence-electron chi connectivity index (χ4n) is 4.37. The van der Waals surface area contributed by atoms with Crippen LogP contribution in [0.25, 0.3) is 22.3 Å². The number of carbonyl (C=O) groups is 1. The van der Waals surface area contributed by atoms with E-state index in [9.17, 15) is 36.3 Å². The van der Waals surface area contributed by atoms with E-state index in [2.05, 4.69) is 0 Å². The first-order valence-electron chi connectivity index (χ1n) is 11.2. The topological polar surface area (TPSA) is 114 Å². The van der Waals surface area contributed by atoms with Crippen LogP contribution in [-0.4, -0.2) is 47.7 Å². The molecule has 1 aliphatic heterocycles. The summed E-state index contributed by atoms with van der Waals surface area (Å²) in [5.74, 6) is -1.84. The van der Waals surface area contributed by atoms with E-state index in [1.807, 2.05) is 0 Å². The SMILES string of the molecule is O=C(O)[C@@H]1C[C@H](Oc2cc(C(F)(F)F)ccc2-c2cc(=O)c3cccc(Cl)c3o2)CN1S(=O)(=O)C1CC1. The Morgan fingerprint density at radius 2 is 1.89 bits per heavy atom. The smallest absolute Gasteiger partial charge is 0.416 e. The molecule has 8 nitrogen and oxygen atoms in total. The Balaban J connectivity index is 1.57. The van der Waals surface area contributed by atoms with Crippen molar-refractivity contribution in [2.24, 2.45) is 0 Å². The molecule has 0 spiro atoms. The molecule has 13 heteroatoms. The van der Waals surface area contributed by atoms with Crippen molar-refractivity contribution in [1.82, 2.24) is 4.31 Å². The van der Waals surface area contributed by atoms with Gasteiger partial charge in [-0.3, -0.25) is 9.59 Å². The summed E-state index contributed by atoms with van der Waals surface area (Å²) >= 11 is 6.16. The maximum absolute atomic E-state index is 13.5. The minimum atomic E-state index is -4.73. The Morgan fingerprint density at radius 3 is 2.54 bits per heavy atom. The number of sulfonamides is 1. The van der Waals surface area contributed by atoms with Gasteiger partial charge in [-0.1, -0.05) is 17.7 Å². The maximum atomic E-state index is 13.5. The molecule has 1 saturated heterocycles. The van der Waals surface area contributed by atoms with Gasteiger partial charge < -0.3 is 14.3 Å². The lowest BCUT2D eigenvalue weighted by Crippen LogP contribution is -2.42. The zero-order valence-corrected chi connectivity index (χ0v) is 20.4. The van der Waals surface area contributed by atoms with Crippen LogP contribution in [0.5, 0.6) is 5.75 Å². The van der Waals surface area contributed by atoms with Gasteiger partial charge in [0.25, 0.3) is 0 Å². The van der Waals surface area contributed by atoms with Crippen molar-refractivity contribution in [3.8, 4) is 17.1 Å². The van der Waals surface area contributed by atoms with E-state index >= 15 is 0 Å². The molecule has 2 heterocycles. The number of rotatable bonds is 6. The number of carboxylic acid groups (broad SMARTS) is 1. The Hall–Kier alpha value is -3.09. The van der Waals surface area contributed by atoms with Gasteiger partial charge in [-0.15, -0.1) is 0 Å². The van der Waals surface area contributed by atoms with Gasteiger partial charge in [0, 0.05) is 12.5 Å². The number of hydrogen-bond acceptors (Lipinski definition) is 6. The van der Waals surface area contributed by atoms with Crippen LogP contribution in [0.4, 0.5) is 13.2 Å². The number of benzene rings is 2. The standard InChI is InChI=1S/C24H19ClF3NO7S/c25-17-3-1-2-15-19(30)10-21(36-22(15)17)16-7-4-12(24(26,27)28)8-20(16)35-13-9-18(23(31)32)29(11-13)37(33,34)14-5-6-14/h1-4,7-8,10,13-14,18H,5-6,9,11H2,(H,31,32)/t13-,18-/m0/s1. The normalized spacial score (nSPS) is 20.9. The van der Waals surface area contributed by atoms with Crippen molar-refractivity contribution < 1.29 is 40.6 Å². The molecule has 5 rings (SSSR count). The second-order valence-corrected chi connectivity index (χ2v) is 11.5. The lowest BCUT2D eigenvalue weighted by molar-refractivity contribution is -0.140. The van der Waals surface area contributed by atoms with Gasteiger partial charge in [-0.2, -0.15) is 17.5 Å². The van der Waals surface area contributed by atoms with Crippen LogP contribution in [0, 0.1) is 0 Å². The zero-order valence-electron chi connectivity index (χ0n) is 18.9. The summed E-state index contributed by atoms with van der Waals surface area (Å²) in [6.07, 6.45) is -5.24. The molecule has 196 valence electrons. The van der Waals surface area contributed by atoms with Gasteiger partial charge in [-0.25, -0.2) is 8.42 Å². The Morgan fingerprint density at radius 1 is 1.16 bits per heavy atom. The summed E-state index contributed by atoms with van der Waals surface area (Å²) in [6, 6.07) is 6.77. The van der Waals surface area contributed by atoms with Crippen LogP contribution >= 0.6 is 11.6 Å². The molecule has 0 radical (unpaired) electrons. The quantitative estimate of drug-likeness (QED) is 0.473. The zero-order chi connectivity index (χ0) is 26.7. The van der Waals surface area contributed by atoms with E-state index in [0.29, 0.717) is 18.9 Å². The highest BCUT2D eigenvalue weighted by Gasteiger charge is 2.50. The van der Waals surface area contributed by atoms with Crippen molar-refractivity contribution in [3.05, 3.63) is 63.3 Å². The first kappa shape index (κ1) is 25.6. The summed E-state index contributed by atoms with van der Waals surface area (Å²) in [6.45, 7) is -0.348. The third kappa shape index (κ3) is 4.80. The first-order valence-corrected chi connectivity index (χ1v) is 13.1. The minimum absolute atomic E-state index is 0.0118. The average molecular weight is 558 g/mol. The van der Waals surface area contributed by atoms with E-state index in [0.717, 1.165) is 22.5 Å². The Labute approximate surface area is 213 Å². The van der Waals surface area contributed by atoms with Crippen molar-refractivity contribution in [2.45, 2.75) is 42.8 Å². The van der Waals surface area contributed by atoms with E-state index in [4.69, 9.17) is 20.8 Å². The molecule has 37 heavy (non-hydrogen) atoms. The summed E-state index contributed by atoms with van der Waals surface area (Å²) in [5, 5.41) is 9.22. The molecule has 1 aliphatic carbocycles. The number of nitrogens with zero attached hydrogens (tertiary/aromatic N) is 1. The predicted molar refractivity (Wildman–Crippen MR) is 127 cm³/mol. The Bertz CT molecular complexity index is 1570. The van der Waals surface area contributed by atoms with Crippen LogP contribution in [0.2, 0.25) is 5.02 Å². The highest BCUT2D eigenvalue weighted by atomic mass is 35.5. The van der Waals surface area contributed by atoms with Gasteiger partial charge >= 0.3 is 12.1 Å². The molecule has 0 bridgehead atoms. The van der Waals surface area contributed by atoms with Gasteiger partial charge in [0.2, 0.25) is 10.0 Å². The molecule has 2 aliphatic rings. The van der Waals surface area contributed by atoms with Gasteiger partial charge in [0.15, 0.2) is 11.0 Å². The molecular weight excluding hydrogens is 539 g/mol. The van der Waals surface area contributed by atoms with Crippen LogP contribution in [0.3, 0.4) is 0 Å². The van der Waals surface area contributed by atoms with Gasteiger partial charge in [0.1, 0.15) is 23.7 Å². The molecule has 2 aromatic carbocycles. The predicted octanol–water partition coefficient (Wildman–Crippen LogP) is 4.53. The molecule has 0 amide bonds. The van der Waals surface area contributed by atoms with E-state index in [1.54, 1.807) is 6.07 Å². The van der Waals surface area contributed by atoms with Crippen molar-refractivity contribution >= 4 is 38.6 Å². The number of halogens is 4. The molecule has 1 saturated carbocycles. The van der Waals surface area contributed by atoms with Crippen LogP contribution < -0.4 is 10.2 Å². The largest absolute Gasteiger partial charge is 0.488 e. The minimum Gasteiger partial charge on any atom is -0.488 e. The fourth-order valence-corrected chi connectivity index (χ4v) is 6.60. The fraction of sp³-hybridized carbons (Fsp3) is 0.333. The van der Waals surface area contributed by atoms with Gasteiger partial charge in [0.05, 0.1) is 33.3 Å². The van der Waals surface area contributed by atoms with E-state index in [-0.39, 0.29) is 46.0 Å². The second kappa shape index (κ2) is 9.03. The number of fused-ring (bicyclic) bond motifs is 1. The number of para-hydroxylation sites is 1. The number of carboxylic acids is 1. The second-order valence-electron chi connectivity index (χ2n) is 8.94. The number of alkyl halides is 3. The van der Waals surface area contributed by atoms with Crippen molar-refractivity contribution in [2.75, 3.05) is 6.54 Å². The lowest BCUT2D eigenvalue weighted by atomic mass is 10.1. The highest BCUT2D eigenvalue weighted by molar-refractivity contribution is 7.90. The monoisotopic (exact) mass is 557 g/mol. The van der Waals surface area contributed by atoms with E-state index < -0.39 is 50.6 Å². The van der Waals surface area contributed by atoms with E-state index in [1.165, 1.54) is 12.1 Å². The highest BCUT2D eigenvalue weighted by Crippen LogP contribution is 2.40. The summed E-state index contributed by atoms with van der Waals surface area (Å²) in [5.41, 5.74) is -1.52. The molecule has 2 fully saturated rings. The molecule has 2 atom stereocenters. The number of ether oxygens (including phenoxy) is 1. The molecular formula is C24H19ClF3NO7S. The Kier molecular flexibility index (Phi) is 6.24. The third-order valence-electron chi connectivity index (χ3n) is 6.35. The van der Waals surface area contributed by atoms with Crippen LogP contribution in [0.1, 0.15) is 24.8 Å². The molecule has 1 aromatic heterocycles. The third-order valence-corrected chi connectivity index (χ3v) is 9.02.